The lowest BCUT2D eigenvalue weighted by molar-refractivity contribution is 0.0981. The van der Waals surface area contributed by atoms with E-state index in [1.165, 1.54) is 16.0 Å². The van der Waals surface area contributed by atoms with Gasteiger partial charge in [0.15, 0.2) is 0 Å². The van der Waals surface area contributed by atoms with Crippen LogP contribution in [0.5, 0.6) is 0 Å². The Balaban J connectivity index is 0.918. The van der Waals surface area contributed by atoms with E-state index < -0.39 is 15.9 Å². The van der Waals surface area contributed by atoms with Crippen LogP contribution >= 0.6 is 23.4 Å². The van der Waals surface area contributed by atoms with Gasteiger partial charge in [-0.2, -0.15) is 0 Å². The van der Waals surface area contributed by atoms with Gasteiger partial charge in [0.2, 0.25) is 0 Å². The molecular weight excluding hydrogens is 796 g/mol. The molecule has 2 fully saturated rings. The second-order valence-electron chi connectivity index (χ2n) is 15.6. The molecule has 5 aromatic carbocycles. The molecule has 59 heavy (non-hydrogen) atoms. The van der Waals surface area contributed by atoms with Crippen molar-refractivity contribution in [1.29, 1.82) is 0 Å². The van der Waals surface area contributed by atoms with Crippen molar-refractivity contribution in [3.8, 4) is 11.1 Å². The Bertz CT molecular complexity index is 2240. The monoisotopic (exact) mass is 850 g/mol. The first kappa shape index (κ1) is 42.8. The van der Waals surface area contributed by atoms with Gasteiger partial charge in [0, 0.05) is 97.6 Å². The van der Waals surface area contributed by atoms with Crippen LogP contribution in [0.1, 0.15) is 34.3 Å². The maximum atomic E-state index is 13.5. The number of rotatable bonds is 16. The van der Waals surface area contributed by atoms with Crippen LogP contribution in [0.25, 0.3) is 11.1 Å². The summed E-state index contributed by atoms with van der Waals surface area (Å²) in [5.41, 5.74) is 6.65. The number of carbonyl (C=O) groups is 1. The molecule has 7 rings (SSSR count). The van der Waals surface area contributed by atoms with Gasteiger partial charge in [-0.05, 0) is 122 Å². The van der Waals surface area contributed by atoms with E-state index >= 15 is 0 Å². The van der Waals surface area contributed by atoms with Crippen molar-refractivity contribution in [2.75, 3.05) is 81.9 Å². The molecule has 1 atom stereocenters. The molecule has 2 aliphatic rings. The summed E-state index contributed by atoms with van der Waals surface area (Å²) in [5, 5.41) is 4.45. The smallest absolute Gasteiger partial charge is 0.264 e. The zero-order valence-corrected chi connectivity index (χ0v) is 36.4. The lowest BCUT2D eigenvalue weighted by Gasteiger charge is -2.36. The summed E-state index contributed by atoms with van der Waals surface area (Å²) in [6.45, 7) is 11.7. The zero-order valence-electron chi connectivity index (χ0n) is 34.0. The Morgan fingerprint density at radius 1 is 0.780 bits per heavy atom. The van der Waals surface area contributed by atoms with Crippen molar-refractivity contribution in [3.05, 3.63) is 143 Å². The topological polar surface area (TPSA) is 88.2 Å². The average molecular weight is 852 g/mol. The fourth-order valence-electron chi connectivity index (χ4n) is 7.77. The number of hydrogen-bond donors (Lipinski definition) is 2. The number of benzene rings is 5. The van der Waals surface area contributed by atoms with Crippen molar-refractivity contribution in [2.24, 2.45) is 0 Å². The van der Waals surface area contributed by atoms with Gasteiger partial charge < -0.3 is 20.0 Å². The van der Waals surface area contributed by atoms with E-state index in [2.05, 4.69) is 97.3 Å². The predicted octanol–water partition coefficient (Wildman–Crippen LogP) is 8.36. The molecule has 5 aromatic rings. The quantitative estimate of drug-likeness (QED) is 0.0952. The number of halogens is 1. The minimum absolute atomic E-state index is 0.0597. The number of amides is 1. The summed E-state index contributed by atoms with van der Waals surface area (Å²) in [6, 6.07) is 39.3. The van der Waals surface area contributed by atoms with Crippen LogP contribution in [0.3, 0.4) is 0 Å². The van der Waals surface area contributed by atoms with Crippen molar-refractivity contribution >= 4 is 50.7 Å². The van der Waals surface area contributed by atoms with Crippen LogP contribution in [0.4, 0.5) is 11.4 Å². The summed E-state index contributed by atoms with van der Waals surface area (Å²) < 4.78 is 29.3. The Kier molecular flexibility index (Phi) is 14.7. The maximum Gasteiger partial charge on any atom is 0.264 e. The predicted molar refractivity (Wildman–Crippen MR) is 244 cm³/mol. The van der Waals surface area contributed by atoms with Crippen LogP contribution in [0.15, 0.2) is 131 Å². The molecule has 2 N–H and O–H groups in total. The molecular formula is C47H55ClN6O3S2. The highest BCUT2D eigenvalue weighted by molar-refractivity contribution is 7.99. The van der Waals surface area contributed by atoms with E-state index in [0.717, 1.165) is 112 Å². The molecule has 2 aliphatic heterocycles. The van der Waals surface area contributed by atoms with Gasteiger partial charge in [-0.1, -0.05) is 66.2 Å². The molecule has 2 heterocycles. The number of carbonyl (C=O) groups excluding carboxylic acids is 1. The lowest BCUT2D eigenvalue weighted by atomic mass is 9.99. The molecule has 0 bridgehead atoms. The average Bonchev–Trinajstić information content (AvgIpc) is 3.25. The van der Waals surface area contributed by atoms with Gasteiger partial charge >= 0.3 is 0 Å². The standard InChI is InChI=1S/C47H55ClN6O3S2/c1-36-33-44(22-23-46(36)49-41(35-58-43-11-4-3-5-12-43)10-8-24-52-27-25-51(2)26-28-52)59(56,57)50-47(55)38-16-20-42(21-17-38)54-31-29-53(30-32-54)34-39-9-6-7-13-45(39)37-14-18-40(48)19-15-37/h3-7,9,11-23,33,41,49H,8,10,24-32,34-35H2,1-2H3,(H,50,55)/t41-/m1/s1. The largest absolute Gasteiger partial charge is 0.381 e. The Labute approximate surface area is 359 Å². The van der Waals surface area contributed by atoms with Gasteiger partial charge in [-0.15, -0.1) is 11.8 Å². The van der Waals surface area contributed by atoms with Crippen LogP contribution in [-0.2, 0) is 16.6 Å². The number of aryl methyl sites for hydroxylation is 1. The van der Waals surface area contributed by atoms with Crippen LogP contribution in [0, 0.1) is 6.92 Å². The molecule has 0 saturated carbocycles. The number of likely N-dealkylation sites (N-methyl/N-ethyl adjacent to an activating group) is 1. The lowest BCUT2D eigenvalue weighted by Crippen LogP contribution is -2.46. The number of piperazine rings is 2. The highest BCUT2D eigenvalue weighted by Crippen LogP contribution is 2.28. The second kappa shape index (κ2) is 20.3. The maximum absolute atomic E-state index is 13.5. The third-order valence-electron chi connectivity index (χ3n) is 11.3. The van der Waals surface area contributed by atoms with Crippen LogP contribution < -0.4 is 14.9 Å². The molecule has 1 amide bonds. The molecule has 310 valence electrons. The van der Waals surface area contributed by atoms with Crippen molar-refractivity contribution in [3.63, 3.8) is 0 Å². The van der Waals surface area contributed by atoms with E-state index in [0.29, 0.717) is 5.56 Å². The van der Waals surface area contributed by atoms with Gasteiger partial charge in [-0.25, -0.2) is 13.1 Å². The van der Waals surface area contributed by atoms with E-state index in [9.17, 15) is 13.2 Å². The minimum atomic E-state index is -4.10. The van der Waals surface area contributed by atoms with Crippen molar-refractivity contribution in [1.82, 2.24) is 19.4 Å². The number of hydrogen-bond acceptors (Lipinski definition) is 9. The summed E-state index contributed by atoms with van der Waals surface area (Å²) in [4.78, 5) is 24.2. The normalized spacial score (nSPS) is 16.2. The van der Waals surface area contributed by atoms with E-state index in [1.807, 2.05) is 55.1 Å². The van der Waals surface area contributed by atoms with Crippen LogP contribution in [-0.4, -0.2) is 107 Å². The molecule has 0 radical (unpaired) electrons. The van der Waals surface area contributed by atoms with Crippen LogP contribution in [0.2, 0.25) is 5.02 Å². The molecule has 9 nitrogen and oxygen atoms in total. The second-order valence-corrected chi connectivity index (χ2v) is 18.9. The SMILES string of the molecule is Cc1cc(S(=O)(=O)NC(=O)c2ccc(N3CCN(Cc4ccccc4-c4ccc(Cl)cc4)CC3)cc2)ccc1N[C@H](CCCN1CCN(C)CC1)CSc1ccccc1. The van der Waals surface area contributed by atoms with Gasteiger partial charge in [0.25, 0.3) is 15.9 Å². The van der Waals surface area contributed by atoms with Gasteiger partial charge in [0.05, 0.1) is 4.90 Å². The van der Waals surface area contributed by atoms with Crippen molar-refractivity contribution < 1.29 is 13.2 Å². The van der Waals surface area contributed by atoms with E-state index in [-0.39, 0.29) is 10.9 Å². The minimum Gasteiger partial charge on any atom is -0.381 e. The molecule has 0 spiro atoms. The fraction of sp³-hybridized carbons (Fsp3) is 0.340. The first-order valence-corrected chi connectivity index (χ1v) is 23.4. The first-order chi connectivity index (χ1) is 28.6. The molecule has 2 saturated heterocycles. The summed E-state index contributed by atoms with van der Waals surface area (Å²) >= 11 is 7.96. The number of thioether (sulfide) groups is 1. The van der Waals surface area contributed by atoms with E-state index in [4.69, 9.17) is 11.6 Å². The zero-order chi connectivity index (χ0) is 41.2. The summed E-state index contributed by atoms with van der Waals surface area (Å²) in [7, 11) is -1.92. The van der Waals surface area contributed by atoms with Crippen molar-refractivity contribution in [2.45, 2.75) is 42.1 Å². The third kappa shape index (κ3) is 11.9. The Morgan fingerprint density at radius 2 is 1.46 bits per heavy atom. The number of nitrogens with zero attached hydrogens (tertiary/aromatic N) is 4. The molecule has 0 aromatic heterocycles. The van der Waals surface area contributed by atoms with Gasteiger partial charge in [0.1, 0.15) is 0 Å². The van der Waals surface area contributed by atoms with E-state index in [1.54, 1.807) is 24.3 Å². The first-order valence-electron chi connectivity index (χ1n) is 20.5. The summed E-state index contributed by atoms with van der Waals surface area (Å²) in [6.07, 6.45) is 2.07. The third-order valence-corrected chi connectivity index (χ3v) is 14.1. The summed E-state index contributed by atoms with van der Waals surface area (Å²) in [5.74, 6) is 0.233. The number of nitrogens with one attached hydrogen (secondary N) is 2. The molecule has 12 heteroatoms. The highest BCUT2D eigenvalue weighted by atomic mass is 35.5. The molecule has 0 unspecified atom stereocenters. The molecule has 0 aliphatic carbocycles. The van der Waals surface area contributed by atoms with Gasteiger partial charge in [-0.3, -0.25) is 9.69 Å². The number of sulfonamides is 1. The highest BCUT2D eigenvalue weighted by Gasteiger charge is 2.23. The number of anilines is 2. The fourth-order valence-corrected chi connectivity index (χ4v) is 9.94. The Hall–Kier alpha value is -4.36. The Morgan fingerprint density at radius 3 is 2.17 bits per heavy atom.